The number of benzene rings is 1. The predicted octanol–water partition coefficient (Wildman–Crippen LogP) is 2.27. The van der Waals surface area contributed by atoms with Crippen LogP contribution in [0.1, 0.15) is 6.42 Å². The monoisotopic (exact) mass is 336 g/mol. The van der Waals surface area contributed by atoms with E-state index in [0.717, 1.165) is 0 Å². The molecule has 1 aromatic carbocycles. The molecule has 0 saturated carbocycles. The van der Waals surface area contributed by atoms with Crippen LogP contribution in [0, 0.1) is 5.82 Å². The van der Waals surface area contributed by atoms with E-state index in [9.17, 15) is 14.0 Å². The molecule has 1 rings (SSSR count). The number of carbonyl (C=O) groups is 2. The molecular formula is C11H11BrClFN2O2. The molecule has 0 aliphatic carbocycles. The van der Waals surface area contributed by atoms with Crippen LogP contribution >= 0.6 is 27.5 Å². The number of rotatable bonds is 5. The number of alkyl halides is 1. The molecule has 0 aromatic heterocycles. The van der Waals surface area contributed by atoms with Crippen molar-refractivity contribution in [2.75, 3.05) is 17.7 Å². The minimum absolute atomic E-state index is 0.0502. The van der Waals surface area contributed by atoms with E-state index in [0.29, 0.717) is 4.47 Å². The van der Waals surface area contributed by atoms with Gasteiger partial charge >= 0.3 is 0 Å². The maximum Gasteiger partial charge on any atom is 0.234 e. The normalized spacial score (nSPS) is 9.94. The third kappa shape index (κ3) is 5.01. The highest BCUT2D eigenvalue weighted by Gasteiger charge is 2.08. The highest BCUT2D eigenvalue weighted by molar-refractivity contribution is 9.10. The van der Waals surface area contributed by atoms with Gasteiger partial charge in [-0.2, -0.15) is 0 Å². The smallest absolute Gasteiger partial charge is 0.234 e. The second kappa shape index (κ2) is 7.33. The fraction of sp³-hybridized carbons (Fsp3) is 0.273. The largest absolute Gasteiger partial charge is 0.355 e. The zero-order valence-corrected chi connectivity index (χ0v) is 11.6. The number of halogens is 3. The van der Waals surface area contributed by atoms with E-state index in [1.807, 2.05) is 0 Å². The van der Waals surface area contributed by atoms with Gasteiger partial charge in [0, 0.05) is 17.4 Å². The molecule has 2 N–H and O–H groups in total. The van der Waals surface area contributed by atoms with Crippen LogP contribution in [0.2, 0.25) is 0 Å². The fourth-order valence-corrected chi connectivity index (χ4v) is 1.62. The molecule has 2 amide bonds. The van der Waals surface area contributed by atoms with Crippen LogP contribution in [-0.2, 0) is 9.59 Å². The molecule has 1 aromatic rings. The number of hydrogen-bond donors (Lipinski definition) is 2. The molecular weight excluding hydrogens is 326 g/mol. The number of anilines is 1. The second-order valence-electron chi connectivity index (χ2n) is 3.41. The lowest BCUT2D eigenvalue weighted by molar-refractivity contribution is -0.119. The summed E-state index contributed by atoms with van der Waals surface area (Å²) in [6.45, 7) is 0.160. The summed E-state index contributed by atoms with van der Waals surface area (Å²) in [5.41, 5.74) is 0.0954. The first-order valence-corrected chi connectivity index (χ1v) is 6.43. The van der Waals surface area contributed by atoms with Crippen molar-refractivity contribution in [3.8, 4) is 0 Å². The molecule has 0 spiro atoms. The summed E-state index contributed by atoms with van der Waals surface area (Å²) < 4.78 is 14.0. The Balaban J connectivity index is 2.44. The van der Waals surface area contributed by atoms with Crippen molar-refractivity contribution in [2.45, 2.75) is 6.42 Å². The van der Waals surface area contributed by atoms with Gasteiger partial charge in [0.05, 0.1) is 5.69 Å². The van der Waals surface area contributed by atoms with Gasteiger partial charge in [-0.15, -0.1) is 11.6 Å². The summed E-state index contributed by atoms with van der Waals surface area (Å²) in [6.07, 6.45) is 0.0502. The Hall–Kier alpha value is -1.14. The number of carbonyl (C=O) groups excluding carboxylic acids is 2. The van der Waals surface area contributed by atoms with E-state index < -0.39 is 5.82 Å². The van der Waals surface area contributed by atoms with Gasteiger partial charge in [0.2, 0.25) is 11.8 Å². The van der Waals surface area contributed by atoms with Crippen molar-refractivity contribution >= 4 is 45.0 Å². The van der Waals surface area contributed by atoms with Gasteiger partial charge in [0.1, 0.15) is 11.7 Å². The van der Waals surface area contributed by atoms with Gasteiger partial charge in [-0.25, -0.2) is 4.39 Å². The van der Waals surface area contributed by atoms with Gasteiger partial charge < -0.3 is 10.6 Å². The fourth-order valence-electron chi connectivity index (χ4n) is 1.17. The predicted molar refractivity (Wildman–Crippen MR) is 71.1 cm³/mol. The molecule has 0 fully saturated rings. The Morgan fingerprint density at radius 3 is 2.72 bits per heavy atom. The van der Waals surface area contributed by atoms with Crippen LogP contribution in [-0.4, -0.2) is 24.2 Å². The summed E-state index contributed by atoms with van der Waals surface area (Å²) in [7, 11) is 0. The number of amides is 2. The molecule has 0 unspecified atom stereocenters. The third-order valence-electron chi connectivity index (χ3n) is 2.00. The van der Waals surface area contributed by atoms with Crippen LogP contribution < -0.4 is 10.6 Å². The van der Waals surface area contributed by atoms with E-state index in [-0.39, 0.29) is 36.3 Å². The van der Waals surface area contributed by atoms with Crippen LogP contribution in [0.5, 0.6) is 0 Å². The molecule has 0 heterocycles. The molecule has 0 bridgehead atoms. The minimum atomic E-state index is -0.517. The maximum absolute atomic E-state index is 13.3. The molecule has 7 heteroatoms. The summed E-state index contributed by atoms with van der Waals surface area (Å²) in [5, 5.41) is 4.85. The molecule has 0 saturated heterocycles. The Morgan fingerprint density at radius 2 is 2.06 bits per heavy atom. The van der Waals surface area contributed by atoms with Gasteiger partial charge in [0.15, 0.2) is 0 Å². The standard InChI is InChI=1S/C11H11BrClFN2O2/c12-7-1-2-8(14)9(5-7)16-10(17)3-4-15-11(18)6-13/h1-2,5H,3-4,6H2,(H,15,18)(H,16,17). The number of hydrogen-bond acceptors (Lipinski definition) is 2. The van der Waals surface area contributed by atoms with Gasteiger partial charge in [-0.05, 0) is 18.2 Å². The van der Waals surface area contributed by atoms with Crippen molar-refractivity contribution in [1.82, 2.24) is 5.32 Å². The van der Waals surface area contributed by atoms with Crippen LogP contribution in [0.15, 0.2) is 22.7 Å². The number of nitrogens with one attached hydrogen (secondary N) is 2. The molecule has 0 aliphatic heterocycles. The minimum Gasteiger partial charge on any atom is -0.355 e. The van der Waals surface area contributed by atoms with E-state index in [1.54, 1.807) is 0 Å². The first kappa shape index (κ1) is 14.9. The Labute approximate surface area is 117 Å². The van der Waals surface area contributed by atoms with Gasteiger partial charge in [-0.1, -0.05) is 15.9 Å². The third-order valence-corrected chi connectivity index (χ3v) is 2.73. The van der Waals surface area contributed by atoms with Gasteiger partial charge in [-0.3, -0.25) is 9.59 Å². The lowest BCUT2D eigenvalue weighted by atomic mass is 10.3. The van der Waals surface area contributed by atoms with Crippen LogP contribution in [0.25, 0.3) is 0 Å². The van der Waals surface area contributed by atoms with Crippen molar-refractivity contribution in [1.29, 1.82) is 0 Å². The average Bonchev–Trinajstić information content (AvgIpc) is 2.33. The summed E-state index contributed by atoms with van der Waals surface area (Å²) in [4.78, 5) is 22.3. The van der Waals surface area contributed by atoms with E-state index in [2.05, 4.69) is 26.6 Å². The molecule has 4 nitrogen and oxygen atoms in total. The SMILES string of the molecule is O=C(CCl)NCCC(=O)Nc1cc(Br)ccc1F. The lowest BCUT2D eigenvalue weighted by Crippen LogP contribution is -2.28. The highest BCUT2D eigenvalue weighted by atomic mass is 79.9. The zero-order valence-electron chi connectivity index (χ0n) is 9.30. The molecule has 0 aliphatic rings. The van der Waals surface area contributed by atoms with Crippen molar-refractivity contribution < 1.29 is 14.0 Å². The average molecular weight is 338 g/mol. The first-order chi connectivity index (χ1) is 8.52. The Kier molecular flexibility index (Phi) is 6.07. The second-order valence-corrected chi connectivity index (χ2v) is 4.59. The van der Waals surface area contributed by atoms with Crippen LogP contribution in [0.3, 0.4) is 0 Å². The van der Waals surface area contributed by atoms with Gasteiger partial charge in [0.25, 0.3) is 0 Å². The lowest BCUT2D eigenvalue weighted by Gasteiger charge is -2.07. The zero-order chi connectivity index (χ0) is 13.5. The molecule has 18 heavy (non-hydrogen) atoms. The van der Waals surface area contributed by atoms with Crippen LogP contribution in [0.4, 0.5) is 10.1 Å². The topological polar surface area (TPSA) is 58.2 Å². The highest BCUT2D eigenvalue weighted by Crippen LogP contribution is 2.19. The molecule has 0 radical (unpaired) electrons. The molecule has 98 valence electrons. The van der Waals surface area contributed by atoms with E-state index in [1.165, 1.54) is 18.2 Å². The Bertz CT molecular complexity index is 457. The van der Waals surface area contributed by atoms with E-state index in [4.69, 9.17) is 11.6 Å². The summed E-state index contributed by atoms with van der Waals surface area (Å²) >= 11 is 8.45. The van der Waals surface area contributed by atoms with Crippen molar-refractivity contribution in [3.05, 3.63) is 28.5 Å². The first-order valence-electron chi connectivity index (χ1n) is 5.10. The molecule has 0 atom stereocenters. The maximum atomic E-state index is 13.3. The summed E-state index contributed by atoms with van der Waals surface area (Å²) in [6, 6.07) is 4.24. The quantitative estimate of drug-likeness (QED) is 0.810. The van der Waals surface area contributed by atoms with Crippen molar-refractivity contribution in [2.24, 2.45) is 0 Å². The Morgan fingerprint density at radius 1 is 1.33 bits per heavy atom. The van der Waals surface area contributed by atoms with Crippen molar-refractivity contribution in [3.63, 3.8) is 0 Å². The van der Waals surface area contributed by atoms with E-state index >= 15 is 0 Å². The summed E-state index contributed by atoms with van der Waals surface area (Å²) in [5.74, 6) is -1.40.